The van der Waals surface area contributed by atoms with Gasteiger partial charge in [-0.3, -0.25) is 4.79 Å². The largest absolute Gasteiger partial charge is 0.378 e. The average Bonchev–Trinajstić information content (AvgIpc) is 3.02. The first kappa shape index (κ1) is 15.0. The first-order valence-corrected chi connectivity index (χ1v) is 8.73. The lowest BCUT2D eigenvalue weighted by Crippen LogP contribution is -2.41. The molecule has 122 valence electrons. The molecule has 0 unspecified atom stereocenters. The Morgan fingerprint density at radius 1 is 1.35 bits per heavy atom. The summed E-state index contributed by atoms with van der Waals surface area (Å²) >= 11 is 1.47. The van der Waals surface area contributed by atoms with Gasteiger partial charge in [0.05, 0.1) is 25.9 Å². The Labute approximate surface area is 138 Å². The van der Waals surface area contributed by atoms with Crippen LogP contribution in [-0.4, -0.2) is 61.8 Å². The maximum absolute atomic E-state index is 13.0. The Kier molecular flexibility index (Phi) is 4.26. The van der Waals surface area contributed by atoms with Gasteiger partial charge in [-0.25, -0.2) is 4.98 Å². The number of nitrogens with zero attached hydrogens (tertiary/aromatic N) is 2. The van der Waals surface area contributed by atoms with E-state index >= 15 is 0 Å². The Morgan fingerprint density at radius 2 is 2.22 bits per heavy atom. The summed E-state index contributed by atoms with van der Waals surface area (Å²) in [6, 6.07) is 3.94. The molecule has 0 aromatic carbocycles. The first-order valence-electron chi connectivity index (χ1n) is 7.91. The van der Waals surface area contributed by atoms with Crippen LogP contribution < -0.4 is 5.32 Å². The van der Waals surface area contributed by atoms with Crippen LogP contribution in [0.1, 0.15) is 21.3 Å². The van der Waals surface area contributed by atoms with Crippen molar-refractivity contribution >= 4 is 27.5 Å². The monoisotopic (exact) mass is 333 g/mol. The minimum absolute atomic E-state index is 0.0699. The number of nitrogens with one attached hydrogen (secondary N) is 1. The van der Waals surface area contributed by atoms with Crippen molar-refractivity contribution in [3.05, 3.63) is 28.8 Å². The first-order chi connectivity index (χ1) is 11.3. The molecule has 1 N–H and O–H groups in total. The van der Waals surface area contributed by atoms with E-state index in [2.05, 4.69) is 10.3 Å². The molecule has 2 fully saturated rings. The van der Waals surface area contributed by atoms with Crippen molar-refractivity contribution in [3.63, 3.8) is 0 Å². The van der Waals surface area contributed by atoms with E-state index in [-0.39, 0.29) is 12.0 Å². The van der Waals surface area contributed by atoms with E-state index in [1.165, 1.54) is 11.3 Å². The highest BCUT2D eigenvalue weighted by Crippen LogP contribution is 2.37. The number of morpholine rings is 2. The molecular weight excluding hydrogens is 314 g/mol. The van der Waals surface area contributed by atoms with Crippen LogP contribution in [0.4, 0.5) is 0 Å². The molecule has 6 nitrogen and oxygen atoms in total. The second-order valence-electron chi connectivity index (χ2n) is 5.67. The number of pyridine rings is 1. The SMILES string of the molecule is O=C(c1sc2ncccc2c1[C@@H]1CNCCO1)N1CCOCC1. The normalized spacial score (nSPS) is 22.4. The summed E-state index contributed by atoms with van der Waals surface area (Å²) in [4.78, 5) is 21.0. The van der Waals surface area contributed by atoms with E-state index < -0.39 is 0 Å². The highest BCUT2D eigenvalue weighted by Gasteiger charge is 2.30. The van der Waals surface area contributed by atoms with E-state index in [0.717, 1.165) is 33.7 Å². The van der Waals surface area contributed by atoms with Gasteiger partial charge in [-0.05, 0) is 6.07 Å². The summed E-state index contributed by atoms with van der Waals surface area (Å²) < 4.78 is 11.3. The number of hydrogen-bond donors (Lipinski definition) is 1. The lowest BCUT2D eigenvalue weighted by atomic mass is 10.0. The van der Waals surface area contributed by atoms with Crippen molar-refractivity contribution < 1.29 is 14.3 Å². The molecule has 23 heavy (non-hydrogen) atoms. The number of aromatic nitrogens is 1. The minimum atomic E-state index is -0.0957. The number of carbonyl (C=O) groups is 1. The van der Waals surface area contributed by atoms with Crippen LogP contribution in [-0.2, 0) is 9.47 Å². The fourth-order valence-corrected chi connectivity index (χ4v) is 4.25. The van der Waals surface area contributed by atoms with E-state index in [4.69, 9.17) is 9.47 Å². The molecular formula is C16H19N3O3S. The molecule has 2 aromatic heterocycles. The van der Waals surface area contributed by atoms with Gasteiger partial charge in [-0.1, -0.05) is 6.07 Å². The van der Waals surface area contributed by atoms with Crippen molar-refractivity contribution in [1.29, 1.82) is 0 Å². The molecule has 0 spiro atoms. The molecule has 0 saturated carbocycles. The number of fused-ring (bicyclic) bond motifs is 1. The summed E-state index contributed by atoms with van der Waals surface area (Å²) in [5, 5.41) is 4.38. The molecule has 0 aliphatic carbocycles. The van der Waals surface area contributed by atoms with Gasteiger partial charge in [-0.15, -0.1) is 11.3 Å². The smallest absolute Gasteiger partial charge is 0.264 e. The average molecular weight is 333 g/mol. The summed E-state index contributed by atoms with van der Waals surface area (Å²) in [5.74, 6) is 0.0699. The fraction of sp³-hybridized carbons (Fsp3) is 0.500. The van der Waals surface area contributed by atoms with E-state index in [0.29, 0.717) is 32.9 Å². The quantitative estimate of drug-likeness (QED) is 0.901. The molecule has 7 heteroatoms. The number of carbonyl (C=O) groups excluding carboxylic acids is 1. The van der Waals surface area contributed by atoms with Crippen LogP contribution in [0.15, 0.2) is 18.3 Å². The zero-order chi connectivity index (χ0) is 15.6. The molecule has 0 bridgehead atoms. The lowest BCUT2D eigenvalue weighted by Gasteiger charge is -2.28. The highest BCUT2D eigenvalue weighted by atomic mass is 32.1. The second-order valence-corrected chi connectivity index (χ2v) is 6.67. The van der Waals surface area contributed by atoms with Gasteiger partial charge in [0.2, 0.25) is 0 Å². The lowest BCUT2D eigenvalue weighted by molar-refractivity contribution is 0.0240. The van der Waals surface area contributed by atoms with Crippen LogP contribution in [0.3, 0.4) is 0 Å². The van der Waals surface area contributed by atoms with Crippen LogP contribution in [0.5, 0.6) is 0 Å². The maximum Gasteiger partial charge on any atom is 0.264 e. The number of ether oxygens (including phenoxy) is 2. The zero-order valence-corrected chi connectivity index (χ0v) is 13.6. The second kappa shape index (κ2) is 6.52. The van der Waals surface area contributed by atoms with Gasteiger partial charge >= 0.3 is 0 Å². The number of hydrogen-bond acceptors (Lipinski definition) is 6. The third-order valence-corrected chi connectivity index (χ3v) is 5.36. The molecule has 1 atom stereocenters. The van der Waals surface area contributed by atoms with Crippen molar-refractivity contribution in [2.45, 2.75) is 6.10 Å². The third-order valence-electron chi connectivity index (χ3n) is 4.25. The maximum atomic E-state index is 13.0. The molecule has 4 heterocycles. The Morgan fingerprint density at radius 3 is 3.00 bits per heavy atom. The molecule has 2 saturated heterocycles. The van der Waals surface area contributed by atoms with E-state index in [9.17, 15) is 4.79 Å². The summed E-state index contributed by atoms with van der Waals surface area (Å²) in [6.45, 7) is 4.73. The van der Waals surface area contributed by atoms with Gasteiger partial charge in [0.1, 0.15) is 9.71 Å². The van der Waals surface area contributed by atoms with Gasteiger partial charge in [0, 0.05) is 43.3 Å². The Hall–Kier alpha value is -1.54. The van der Waals surface area contributed by atoms with E-state index in [1.807, 2.05) is 17.0 Å². The van der Waals surface area contributed by atoms with Crippen LogP contribution in [0, 0.1) is 0 Å². The molecule has 2 aromatic rings. The van der Waals surface area contributed by atoms with Gasteiger partial charge in [0.15, 0.2) is 0 Å². The number of amides is 1. The predicted molar refractivity (Wildman–Crippen MR) is 87.9 cm³/mol. The third kappa shape index (κ3) is 2.85. The standard InChI is InChI=1S/C16H19N3O3S/c20-16(19-5-8-21-9-6-19)14-13(12-10-17-4-7-22-12)11-2-1-3-18-15(11)23-14/h1-3,12,17H,4-10H2/t12-/m0/s1. The van der Waals surface area contributed by atoms with Gasteiger partial charge in [-0.2, -0.15) is 0 Å². The van der Waals surface area contributed by atoms with Crippen LogP contribution >= 0.6 is 11.3 Å². The summed E-state index contributed by atoms with van der Waals surface area (Å²) in [5.41, 5.74) is 0.988. The van der Waals surface area contributed by atoms with Crippen LogP contribution in [0.25, 0.3) is 10.2 Å². The number of rotatable bonds is 2. The predicted octanol–water partition coefficient (Wildman–Crippen LogP) is 1.43. The summed E-state index contributed by atoms with van der Waals surface area (Å²) in [6.07, 6.45) is 1.67. The minimum Gasteiger partial charge on any atom is -0.378 e. The topological polar surface area (TPSA) is 63.7 Å². The van der Waals surface area contributed by atoms with Crippen molar-refractivity contribution in [1.82, 2.24) is 15.2 Å². The van der Waals surface area contributed by atoms with Crippen molar-refractivity contribution in [2.75, 3.05) is 46.0 Å². The number of thiophene rings is 1. The molecule has 0 radical (unpaired) electrons. The van der Waals surface area contributed by atoms with E-state index in [1.54, 1.807) is 6.20 Å². The molecule has 2 aliphatic rings. The highest BCUT2D eigenvalue weighted by molar-refractivity contribution is 7.20. The summed E-state index contributed by atoms with van der Waals surface area (Å²) in [7, 11) is 0. The van der Waals surface area contributed by atoms with Gasteiger partial charge in [0.25, 0.3) is 5.91 Å². The van der Waals surface area contributed by atoms with Gasteiger partial charge < -0.3 is 19.7 Å². The Balaban J connectivity index is 1.76. The fourth-order valence-electron chi connectivity index (χ4n) is 3.09. The van der Waals surface area contributed by atoms with Crippen molar-refractivity contribution in [2.24, 2.45) is 0 Å². The molecule has 2 aliphatic heterocycles. The Bertz CT molecular complexity index is 706. The molecule has 1 amide bonds. The van der Waals surface area contributed by atoms with Crippen molar-refractivity contribution in [3.8, 4) is 0 Å². The molecule has 4 rings (SSSR count). The zero-order valence-electron chi connectivity index (χ0n) is 12.8. The van der Waals surface area contributed by atoms with Crippen LogP contribution in [0.2, 0.25) is 0 Å².